The molecule has 1 heterocycles. The molecule has 1 fully saturated rings. The molecular formula is C19H22NO4P. The number of carbonyl (C=O) groups is 1. The van der Waals surface area contributed by atoms with Crippen LogP contribution in [-0.4, -0.2) is 51.1 Å². The van der Waals surface area contributed by atoms with E-state index in [-0.39, 0.29) is 6.09 Å². The summed E-state index contributed by atoms with van der Waals surface area (Å²) in [5.74, 6) is 1.69. The first-order valence-electron chi connectivity index (χ1n) is 8.18. The third-order valence-corrected chi connectivity index (χ3v) is 6.70. The SMILES string of the molecule is COc1ccc(P(CCN2CCOC2=O)c2ccc(OC)cc2)cc1. The maximum absolute atomic E-state index is 11.7. The fraction of sp³-hybridized carbons (Fsp3) is 0.316. The lowest BCUT2D eigenvalue weighted by molar-refractivity contribution is 0.160. The Morgan fingerprint density at radius 1 is 0.960 bits per heavy atom. The molecule has 0 bridgehead atoms. The highest BCUT2D eigenvalue weighted by Gasteiger charge is 2.23. The van der Waals surface area contributed by atoms with Crippen molar-refractivity contribution < 1.29 is 19.0 Å². The highest BCUT2D eigenvalue weighted by Crippen LogP contribution is 2.34. The molecule has 0 atom stereocenters. The average molecular weight is 359 g/mol. The van der Waals surface area contributed by atoms with Crippen LogP contribution in [0.3, 0.4) is 0 Å². The van der Waals surface area contributed by atoms with E-state index in [1.807, 2.05) is 24.3 Å². The van der Waals surface area contributed by atoms with Gasteiger partial charge in [-0.15, -0.1) is 0 Å². The van der Waals surface area contributed by atoms with Gasteiger partial charge in [0.05, 0.1) is 20.8 Å². The van der Waals surface area contributed by atoms with E-state index in [1.54, 1.807) is 19.1 Å². The lowest BCUT2D eigenvalue weighted by Crippen LogP contribution is -2.29. The van der Waals surface area contributed by atoms with Crippen LogP contribution >= 0.6 is 7.92 Å². The van der Waals surface area contributed by atoms with E-state index in [1.165, 1.54) is 10.6 Å². The minimum Gasteiger partial charge on any atom is -0.497 e. The van der Waals surface area contributed by atoms with E-state index in [0.29, 0.717) is 19.7 Å². The van der Waals surface area contributed by atoms with Gasteiger partial charge in [-0.05, 0) is 49.0 Å². The van der Waals surface area contributed by atoms with Crippen molar-refractivity contribution in [2.24, 2.45) is 0 Å². The molecule has 1 amide bonds. The van der Waals surface area contributed by atoms with E-state index in [0.717, 1.165) is 17.7 Å². The van der Waals surface area contributed by atoms with Crippen molar-refractivity contribution >= 4 is 24.6 Å². The Balaban J connectivity index is 1.82. The Bertz CT molecular complexity index is 655. The molecule has 25 heavy (non-hydrogen) atoms. The lowest BCUT2D eigenvalue weighted by Gasteiger charge is -2.22. The molecule has 1 aliphatic rings. The van der Waals surface area contributed by atoms with Gasteiger partial charge in [-0.3, -0.25) is 0 Å². The van der Waals surface area contributed by atoms with Gasteiger partial charge < -0.3 is 19.1 Å². The first-order valence-corrected chi connectivity index (χ1v) is 9.71. The van der Waals surface area contributed by atoms with Crippen LogP contribution in [0.5, 0.6) is 11.5 Å². The van der Waals surface area contributed by atoms with Crippen LogP contribution in [0.2, 0.25) is 0 Å². The van der Waals surface area contributed by atoms with E-state index in [4.69, 9.17) is 14.2 Å². The molecule has 1 aliphatic heterocycles. The summed E-state index contributed by atoms with van der Waals surface area (Å²) in [6.45, 7) is 1.86. The summed E-state index contributed by atoms with van der Waals surface area (Å²) < 4.78 is 15.6. The van der Waals surface area contributed by atoms with Gasteiger partial charge in [0.1, 0.15) is 18.1 Å². The maximum Gasteiger partial charge on any atom is 0.409 e. The summed E-state index contributed by atoms with van der Waals surface area (Å²) in [4.78, 5) is 13.5. The fourth-order valence-corrected chi connectivity index (χ4v) is 5.06. The topological polar surface area (TPSA) is 48.0 Å². The number of hydrogen-bond donors (Lipinski definition) is 0. The summed E-state index contributed by atoms with van der Waals surface area (Å²) in [6, 6.07) is 16.4. The van der Waals surface area contributed by atoms with Crippen molar-refractivity contribution in [3.63, 3.8) is 0 Å². The molecule has 0 spiro atoms. The normalized spacial score (nSPS) is 13.9. The third-order valence-electron chi connectivity index (χ3n) is 4.21. The zero-order valence-corrected chi connectivity index (χ0v) is 15.4. The molecule has 0 N–H and O–H groups in total. The number of methoxy groups -OCH3 is 2. The van der Waals surface area contributed by atoms with Crippen LogP contribution in [0.4, 0.5) is 4.79 Å². The highest BCUT2D eigenvalue weighted by atomic mass is 31.1. The van der Waals surface area contributed by atoms with Crippen molar-refractivity contribution in [1.82, 2.24) is 4.90 Å². The number of amides is 1. The van der Waals surface area contributed by atoms with Crippen LogP contribution in [0.1, 0.15) is 0 Å². The smallest absolute Gasteiger partial charge is 0.409 e. The second-order valence-electron chi connectivity index (χ2n) is 5.65. The molecule has 2 aromatic rings. The molecule has 0 aliphatic carbocycles. The van der Waals surface area contributed by atoms with Gasteiger partial charge >= 0.3 is 6.09 Å². The van der Waals surface area contributed by atoms with Crippen molar-refractivity contribution in [2.75, 3.05) is 40.1 Å². The van der Waals surface area contributed by atoms with Gasteiger partial charge in [0.15, 0.2) is 0 Å². The van der Waals surface area contributed by atoms with Gasteiger partial charge in [-0.1, -0.05) is 24.3 Å². The van der Waals surface area contributed by atoms with Crippen molar-refractivity contribution in [2.45, 2.75) is 0 Å². The Hall–Kier alpha value is -2.26. The molecule has 1 saturated heterocycles. The largest absolute Gasteiger partial charge is 0.497 e. The van der Waals surface area contributed by atoms with Crippen molar-refractivity contribution in [3.8, 4) is 11.5 Å². The number of carbonyl (C=O) groups excluding carboxylic acids is 1. The second-order valence-corrected chi connectivity index (χ2v) is 7.99. The number of benzene rings is 2. The first-order chi connectivity index (χ1) is 12.2. The molecule has 132 valence electrons. The zero-order valence-electron chi connectivity index (χ0n) is 14.5. The lowest BCUT2D eigenvalue weighted by atomic mass is 10.3. The Morgan fingerprint density at radius 3 is 1.88 bits per heavy atom. The van der Waals surface area contributed by atoms with Gasteiger partial charge in [0, 0.05) is 6.54 Å². The van der Waals surface area contributed by atoms with Crippen LogP contribution < -0.4 is 20.1 Å². The summed E-state index contributed by atoms with van der Waals surface area (Å²) in [7, 11) is 2.75. The first kappa shape index (κ1) is 17.6. The molecule has 3 rings (SSSR count). The van der Waals surface area contributed by atoms with Gasteiger partial charge in [-0.25, -0.2) is 4.79 Å². The number of cyclic esters (lactones) is 1. The Morgan fingerprint density at radius 2 is 1.48 bits per heavy atom. The molecule has 2 aromatic carbocycles. The average Bonchev–Trinajstić information content (AvgIpc) is 3.08. The van der Waals surface area contributed by atoms with E-state index in [2.05, 4.69) is 24.3 Å². The maximum atomic E-state index is 11.7. The minimum absolute atomic E-state index is 0.209. The second kappa shape index (κ2) is 8.21. The number of ether oxygens (including phenoxy) is 3. The minimum atomic E-state index is -0.581. The van der Waals surface area contributed by atoms with E-state index >= 15 is 0 Å². The van der Waals surface area contributed by atoms with Crippen molar-refractivity contribution in [1.29, 1.82) is 0 Å². The van der Waals surface area contributed by atoms with Gasteiger partial charge in [0.25, 0.3) is 0 Å². The summed E-state index contributed by atoms with van der Waals surface area (Å²) in [5.41, 5.74) is 0. The monoisotopic (exact) mass is 359 g/mol. The predicted octanol–water partition coefficient (Wildman–Crippen LogP) is 2.59. The summed E-state index contributed by atoms with van der Waals surface area (Å²) in [5, 5.41) is 2.52. The molecule has 0 unspecified atom stereocenters. The van der Waals surface area contributed by atoms with E-state index in [9.17, 15) is 4.79 Å². The third kappa shape index (κ3) is 4.23. The number of hydrogen-bond acceptors (Lipinski definition) is 4. The van der Waals surface area contributed by atoms with Crippen LogP contribution in [0.15, 0.2) is 48.5 Å². The Kier molecular flexibility index (Phi) is 5.77. The quantitative estimate of drug-likeness (QED) is 0.713. The molecule has 0 aromatic heterocycles. The molecular weight excluding hydrogens is 337 g/mol. The predicted molar refractivity (Wildman–Crippen MR) is 100.0 cm³/mol. The van der Waals surface area contributed by atoms with Crippen LogP contribution in [-0.2, 0) is 4.74 Å². The fourth-order valence-electron chi connectivity index (χ4n) is 2.78. The highest BCUT2D eigenvalue weighted by molar-refractivity contribution is 7.73. The number of nitrogens with zero attached hydrogens (tertiary/aromatic N) is 1. The van der Waals surface area contributed by atoms with Crippen molar-refractivity contribution in [3.05, 3.63) is 48.5 Å². The standard InChI is InChI=1S/C19H22NO4P/c1-22-15-3-7-17(8-4-15)25(14-12-20-11-13-24-19(20)21)18-9-5-16(23-2)6-10-18/h3-10H,11-14H2,1-2H3. The van der Waals surface area contributed by atoms with Crippen LogP contribution in [0, 0.1) is 0 Å². The summed E-state index contributed by atoms with van der Waals surface area (Å²) in [6.07, 6.45) is 0.683. The molecule has 6 heteroatoms. The number of rotatable bonds is 7. The molecule has 0 saturated carbocycles. The summed E-state index contributed by atoms with van der Waals surface area (Å²) >= 11 is 0. The molecule has 0 radical (unpaired) electrons. The van der Waals surface area contributed by atoms with Gasteiger partial charge in [0.2, 0.25) is 0 Å². The van der Waals surface area contributed by atoms with Gasteiger partial charge in [-0.2, -0.15) is 0 Å². The Labute approximate surface area is 149 Å². The van der Waals surface area contributed by atoms with Crippen LogP contribution in [0.25, 0.3) is 0 Å². The van der Waals surface area contributed by atoms with E-state index < -0.39 is 7.92 Å². The molecule has 5 nitrogen and oxygen atoms in total. The zero-order chi connectivity index (χ0) is 17.6.